The molecule has 1 amide bonds. The fourth-order valence-electron chi connectivity index (χ4n) is 3.07. The minimum Gasteiger partial charge on any atom is -0.340 e. The van der Waals surface area contributed by atoms with E-state index >= 15 is 0 Å². The Kier molecular flexibility index (Phi) is 3.62. The summed E-state index contributed by atoms with van der Waals surface area (Å²) in [5.74, 6) is 1.02. The van der Waals surface area contributed by atoms with Crippen molar-refractivity contribution in [2.24, 2.45) is 5.92 Å². The van der Waals surface area contributed by atoms with E-state index in [1.165, 1.54) is 32.1 Å². The van der Waals surface area contributed by atoms with Crippen LogP contribution in [0.5, 0.6) is 0 Å². The zero-order valence-electron chi connectivity index (χ0n) is 9.67. The lowest BCUT2D eigenvalue weighted by molar-refractivity contribution is -0.134. The summed E-state index contributed by atoms with van der Waals surface area (Å²) < 4.78 is 0. The highest BCUT2D eigenvalue weighted by atomic mass is 16.2. The Labute approximate surface area is 92.2 Å². The highest BCUT2D eigenvalue weighted by molar-refractivity contribution is 5.73. The summed E-state index contributed by atoms with van der Waals surface area (Å²) in [6, 6.07) is 0.540. The van der Waals surface area contributed by atoms with Crippen LogP contribution in [0.3, 0.4) is 0 Å². The van der Waals surface area contributed by atoms with Crippen LogP contribution in [0.1, 0.15) is 39.0 Å². The summed E-state index contributed by atoms with van der Waals surface area (Å²) in [6.45, 7) is 4.98. The van der Waals surface area contributed by atoms with Crippen molar-refractivity contribution < 1.29 is 4.79 Å². The van der Waals surface area contributed by atoms with Gasteiger partial charge in [-0.05, 0) is 51.1 Å². The second-order valence-corrected chi connectivity index (χ2v) is 4.86. The monoisotopic (exact) mass is 210 g/mol. The lowest BCUT2D eigenvalue weighted by Gasteiger charge is -2.41. The molecule has 0 aromatic rings. The van der Waals surface area contributed by atoms with Gasteiger partial charge in [-0.25, -0.2) is 0 Å². The van der Waals surface area contributed by atoms with Gasteiger partial charge < -0.3 is 10.2 Å². The molecule has 2 rings (SSSR count). The van der Waals surface area contributed by atoms with Crippen molar-refractivity contribution in [3.63, 3.8) is 0 Å². The van der Waals surface area contributed by atoms with Gasteiger partial charge in [0.25, 0.3) is 0 Å². The maximum atomic E-state index is 11.6. The molecular formula is C12H22N2O. The maximum absolute atomic E-state index is 11.6. The van der Waals surface area contributed by atoms with Crippen molar-refractivity contribution in [3.8, 4) is 0 Å². The number of amides is 1. The van der Waals surface area contributed by atoms with Gasteiger partial charge in [-0.2, -0.15) is 0 Å². The molecule has 2 saturated heterocycles. The number of nitrogens with zero attached hydrogens (tertiary/aromatic N) is 1. The standard InChI is InChI=1S/C12H22N2O/c1-10(15)14-9-3-2-4-12(14)11-5-7-13-8-6-11/h11-13H,2-9H2,1H3/t12-/m0/s1. The van der Waals surface area contributed by atoms with Crippen LogP contribution in [0.25, 0.3) is 0 Å². The zero-order chi connectivity index (χ0) is 10.7. The molecule has 0 spiro atoms. The number of carbonyl (C=O) groups is 1. The lowest BCUT2D eigenvalue weighted by Crippen LogP contribution is -2.49. The topological polar surface area (TPSA) is 32.3 Å². The molecule has 1 atom stereocenters. The van der Waals surface area contributed by atoms with Crippen LogP contribution in [0.4, 0.5) is 0 Å². The molecule has 2 aliphatic rings. The van der Waals surface area contributed by atoms with E-state index in [4.69, 9.17) is 0 Å². The van der Waals surface area contributed by atoms with Gasteiger partial charge in [0.15, 0.2) is 0 Å². The Morgan fingerprint density at radius 1 is 1.20 bits per heavy atom. The fraction of sp³-hybridized carbons (Fsp3) is 0.917. The number of carbonyl (C=O) groups excluding carboxylic acids is 1. The molecule has 2 fully saturated rings. The number of hydrogen-bond donors (Lipinski definition) is 1. The molecule has 0 aliphatic carbocycles. The van der Waals surface area contributed by atoms with Crippen LogP contribution in [0.15, 0.2) is 0 Å². The number of likely N-dealkylation sites (tertiary alicyclic amines) is 1. The average molecular weight is 210 g/mol. The number of rotatable bonds is 1. The summed E-state index contributed by atoms with van der Waals surface area (Å²) in [7, 11) is 0. The number of piperidine rings is 2. The molecule has 15 heavy (non-hydrogen) atoms. The molecule has 0 aromatic carbocycles. The minimum atomic E-state index is 0.276. The Bertz CT molecular complexity index is 224. The third-order valence-corrected chi connectivity index (χ3v) is 3.88. The average Bonchev–Trinajstić information content (AvgIpc) is 2.30. The molecule has 0 aromatic heterocycles. The summed E-state index contributed by atoms with van der Waals surface area (Å²) in [6.07, 6.45) is 6.21. The van der Waals surface area contributed by atoms with E-state index in [2.05, 4.69) is 10.2 Å². The van der Waals surface area contributed by atoms with Crippen LogP contribution in [-0.2, 0) is 4.79 Å². The smallest absolute Gasteiger partial charge is 0.219 e. The molecule has 0 radical (unpaired) electrons. The predicted octanol–water partition coefficient (Wildman–Crippen LogP) is 1.39. The molecular weight excluding hydrogens is 188 g/mol. The van der Waals surface area contributed by atoms with Crippen LogP contribution in [0, 0.1) is 5.92 Å². The fourth-order valence-corrected chi connectivity index (χ4v) is 3.07. The summed E-state index contributed by atoms with van der Waals surface area (Å²) in [5.41, 5.74) is 0. The quantitative estimate of drug-likeness (QED) is 0.709. The first-order chi connectivity index (χ1) is 7.29. The van der Waals surface area contributed by atoms with Gasteiger partial charge in [0, 0.05) is 19.5 Å². The number of hydrogen-bond acceptors (Lipinski definition) is 2. The molecule has 0 bridgehead atoms. The van der Waals surface area contributed by atoms with Gasteiger partial charge in [0.05, 0.1) is 0 Å². The first kappa shape index (κ1) is 10.9. The molecule has 3 nitrogen and oxygen atoms in total. The zero-order valence-corrected chi connectivity index (χ0v) is 9.67. The van der Waals surface area contributed by atoms with Crippen molar-refractivity contribution in [3.05, 3.63) is 0 Å². The normalized spacial score (nSPS) is 29.1. The van der Waals surface area contributed by atoms with Gasteiger partial charge in [-0.1, -0.05) is 0 Å². The highest BCUT2D eigenvalue weighted by Crippen LogP contribution is 2.28. The van der Waals surface area contributed by atoms with Crippen LogP contribution < -0.4 is 5.32 Å². The Hall–Kier alpha value is -0.570. The first-order valence-electron chi connectivity index (χ1n) is 6.27. The van der Waals surface area contributed by atoms with Gasteiger partial charge in [0.1, 0.15) is 0 Å². The van der Waals surface area contributed by atoms with Gasteiger partial charge >= 0.3 is 0 Å². The second-order valence-electron chi connectivity index (χ2n) is 4.86. The van der Waals surface area contributed by atoms with Crippen molar-refractivity contribution >= 4 is 5.91 Å². The van der Waals surface area contributed by atoms with Crippen molar-refractivity contribution in [2.75, 3.05) is 19.6 Å². The maximum Gasteiger partial charge on any atom is 0.219 e. The van der Waals surface area contributed by atoms with Crippen LogP contribution in [0.2, 0.25) is 0 Å². The largest absolute Gasteiger partial charge is 0.340 e. The van der Waals surface area contributed by atoms with Gasteiger partial charge in [-0.15, -0.1) is 0 Å². The van der Waals surface area contributed by atoms with E-state index in [-0.39, 0.29) is 5.91 Å². The molecule has 0 saturated carbocycles. The van der Waals surface area contributed by atoms with Crippen LogP contribution in [-0.4, -0.2) is 36.5 Å². The lowest BCUT2D eigenvalue weighted by atomic mass is 9.84. The van der Waals surface area contributed by atoms with E-state index in [0.29, 0.717) is 6.04 Å². The van der Waals surface area contributed by atoms with E-state index in [9.17, 15) is 4.79 Å². The van der Waals surface area contributed by atoms with E-state index in [1.54, 1.807) is 6.92 Å². The highest BCUT2D eigenvalue weighted by Gasteiger charge is 2.31. The summed E-state index contributed by atoms with van der Waals surface area (Å²) in [4.78, 5) is 13.7. The Morgan fingerprint density at radius 2 is 1.93 bits per heavy atom. The van der Waals surface area contributed by atoms with Crippen molar-refractivity contribution in [2.45, 2.75) is 45.1 Å². The van der Waals surface area contributed by atoms with Crippen LogP contribution >= 0.6 is 0 Å². The third kappa shape index (κ3) is 2.51. The summed E-state index contributed by atoms with van der Waals surface area (Å²) >= 11 is 0. The molecule has 0 unspecified atom stereocenters. The molecule has 2 aliphatic heterocycles. The van der Waals surface area contributed by atoms with Gasteiger partial charge in [0.2, 0.25) is 5.91 Å². The van der Waals surface area contributed by atoms with Crippen molar-refractivity contribution in [1.82, 2.24) is 10.2 Å². The second kappa shape index (κ2) is 4.97. The Balaban J connectivity index is 1.99. The third-order valence-electron chi connectivity index (χ3n) is 3.88. The molecule has 2 heterocycles. The van der Waals surface area contributed by atoms with E-state index in [0.717, 1.165) is 25.6 Å². The first-order valence-corrected chi connectivity index (χ1v) is 6.27. The van der Waals surface area contributed by atoms with Gasteiger partial charge in [-0.3, -0.25) is 4.79 Å². The van der Waals surface area contributed by atoms with E-state index < -0.39 is 0 Å². The minimum absolute atomic E-state index is 0.276. The van der Waals surface area contributed by atoms with Crippen molar-refractivity contribution in [1.29, 1.82) is 0 Å². The SMILES string of the molecule is CC(=O)N1CCCC[C@H]1C1CCNCC1. The molecule has 1 N–H and O–H groups in total. The summed E-state index contributed by atoms with van der Waals surface area (Å²) in [5, 5.41) is 3.39. The number of nitrogens with one attached hydrogen (secondary N) is 1. The van der Waals surface area contributed by atoms with E-state index in [1.807, 2.05) is 0 Å². The molecule has 86 valence electrons. The molecule has 3 heteroatoms. The Morgan fingerprint density at radius 3 is 2.60 bits per heavy atom. The predicted molar refractivity (Wildman–Crippen MR) is 60.6 cm³/mol.